The van der Waals surface area contributed by atoms with Crippen LogP contribution in [0, 0.1) is 0 Å². The highest BCUT2D eigenvalue weighted by atomic mass is 16.5. The zero-order valence-corrected chi connectivity index (χ0v) is 11.0. The maximum Gasteiger partial charge on any atom is 0.241 e. The first kappa shape index (κ1) is 14.5. The minimum atomic E-state index is -0.318. The van der Waals surface area contributed by atoms with Gasteiger partial charge < -0.3 is 15.2 Å². The number of para-hydroxylation sites is 2. The second-order valence-corrected chi connectivity index (χ2v) is 4.07. The van der Waals surface area contributed by atoms with Gasteiger partial charge in [-0.25, -0.2) is 0 Å². The van der Waals surface area contributed by atoms with E-state index in [-0.39, 0.29) is 18.6 Å². The van der Waals surface area contributed by atoms with Crippen molar-refractivity contribution in [3.8, 4) is 5.75 Å². The Morgan fingerprint density at radius 1 is 1.50 bits per heavy atom. The number of hydrogen-bond acceptors (Lipinski definition) is 4. The van der Waals surface area contributed by atoms with Crippen molar-refractivity contribution in [2.24, 2.45) is 0 Å². The molecule has 1 atom stereocenters. The molecule has 0 spiro atoms. The van der Waals surface area contributed by atoms with Crippen molar-refractivity contribution < 1.29 is 14.6 Å². The number of methoxy groups -OCH3 is 1. The van der Waals surface area contributed by atoms with E-state index in [0.29, 0.717) is 18.0 Å². The zero-order chi connectivity index (χ0) is 13.5. The number of rotatable bonds is 6. The van der Waals surface area contributed by atoms with E-state index in [1.807, 2.05) is 12.1 Å². The van der Waals surface area contributed by atoms with Gasteiger partial charge in [0.25, 0.3) is 0 Å². The third-order valence-corrected chi connectivity index (χ3v) is 2.86. The van der Waals surface area contributed by atoms with Crippen LogP contribution in [0.5, 0.6) is 5.75 Å². The highest BCUT2D eigenvalue weighted by Gasteiger charge is 2.18. The molecular formula is C13H20N2O3. The first-order valence-electron chi connectivity index (χ1n) is 5.85. The molecule has 1 rings (SSSR count). The number of carbonyl (C=O) groups excluding carboxylic acids is 1. The summed E-state index contributed by atoms with van der Waals surface area (Å²) in [4.78, 5) is 13.8. The molecule has 18 heavy (non-hydrogen) atoms. The molecule has 1 aromatic carbocycles. The third kappa shape index (κ3) is 3.72. The van der Waals surface area contributed by atoms with Crippen LogP contribution in [0.4, 0.5) is 5.69 Å². The Labute approximate surface area is 107 Å². The Bertz CT molecular complexity index is 396. The van der Waals surface area contributed by atoms with Gasteiger partial charge in [-0.3, -0.25) is 9.69 Å². The van der Waals surface area contributed by atoms with Crippen LogP contribution in [0.25, 0.3) is 0 Å². The first-order chi connectivity index (χ1) is 8.60. The monoisotopic (exact) mass is 252 g/mol. The Morgan fingerprint density at radius 3 is 2.78 bits per heavy atom. The van der Waals surface area contributed by atoms with E-state index in [2.05, 4.69) is 5.32 Å². The van der Waals surface area contributed by atoms with Crippen molar-refractivity contribution in [2.45, 2.75) is 13.0 Å². The molecule has 100 valence electrons. The zero-order valence-electron chi connectivity index (χ0n) is 11.0. The number of aliphatic hydroxyl groups is 1. The lowest BCUT2D eigenvalue weighted by Gasteiger charge is -2.23. The molecule has 1 aromatic rings. The highest BCUT2D eigenvalue weighted by Crippen LogP contribution is 2.23. The Hall–Kier alpha value is -1.59. The van der Waals surface area contributed by atoms with Crippen molar-refractivity contribution in [2.75, 3.05) is 32.6 Å². The number of ether oxygens (including phenoxy) is 1. The number of carbonyl (C=O) groups is 1. The fourth-order valence-corrected chi connectivity index (χ4v) is 1.54. The van der Waals surface area contributed by atoms with Gasteiger partial charge in [0.1, 0.15) is 5.75 Å². The molecule has 0 aromatic heterocycles. The molecule has 0 heterocycles. The predicted octanol–water partition coefficient (Wildman–Crippen LogP) is 0.946. The highest BCUT2D eigenvalue weighted by molar-refractivity contribution is 5.95. The van der Waals surface area contributed by atoms with Crippen molar-refractivity contribution in [3.63, 3.8) is 0 Å². The molecule has 1 amide bonds. The fraction of sp³-hybridized carbons (Fsp3) is 0.462. The van der Waals surface area contributed by atoms with Crippen LogP contribution < -0.4 is 10.1 Å². The number of likely N-dealkylation sites (N-methyl/N-ethyl adjacent to an activating group) is 1. The number of anilines is 1. The van der Waals surface area contributed by atoms with E-state index in [1.54, 1.807) is 38.1 Å². The van der Waals surface area contributed by atoms with Crippen LogP contribution in [0.2, 0.25) is 0 Å². The van der Waals surface area contributed by atoms with Crippen LogP contribution in [0.1, 0.15) is 6.92 Å². The number of benzene rings is 1. The first-order valence-corrected chi connectivity index (χ1v) is 5.85. The predicted molar refractivity (Wildman–Crippen MR) is 70.8 cm³/mol. The number of amides is 1. The molecule has 0 saturated heterocycles. The number of hydrogen-bond donors (Lipinski definition) is 2. The summed E-state index contributed by atoms with van der Waals surface area (Å²) in [7, 11) is 3.36. The van der Waals surface area contributed by atoms with E-state index >= 15 is 0 Å². The van der Waals surface area contributed by atoms with E-state index in [0.717, 1.165) is 0 Å². The molecule has 0 bridgehead atoms. The summed E-state index contributed by atoms with van der Waals surface area (Å²) in [5.41, 5.74) is 0.647. The van der Waals surface area contributed by atoms with Crippen LogP contribution >= 0.6 is 0 Å². The average molecular weight is 252 g/mol. The molecule has 0 aliphatic heterocycles. The van der Waals surface area contributed by atoms with Gasteiger partial charge >= 0.3 is 0 Å². The molecule has 1 unspecified atom stereocenters. The van der Waals surface area contributed by atoms with E-state index in [9.17, 15) is 4.79 Å². The molecule has 0 aliphatic rings. The third-order valence-electron chi connectivity index (χ3n) is 2.86. The number of nitrogens with one attached hydrogen (secondary N) is 1. The van der Waals surface area contributed by atoms with Crippen molar-refractivity contribution in [1.82, 2.24) is 4.90 Å². The largest absolute Gasteiger partial charge is 0.495 e. The van der Waals surface area contributed by atoms with Crippen molar-refractivity contribution in [1.29, 1.82) is 0 Å². The van der Waals surface area contributed by atoms with E-state index in [1.165, 1.54) is 0 Å². The SMILES string of the molecule is COc1ccccc1NC(=O)C(C)N(C)CCO. The molecule has 5 heteroatoms. The summed E-state index contributed by atoms with van der Waals surface area (Å²) in [5.74, 6) is 0.498. The Balaban J connectivity index is 2.69. The average Bonchev–Trinajstić information content (AvgIpc) is 2.38. The van der Waals surface area contributed by atoms with Crippen molar-refractivity contribution >= 4 is 11.6 Å². The Morgan fingerprint density at radius 2 is 2.17 bits per heavy atom. The van der Waals surface area contributed by atoms with Gasteiger partial charge in [-0.15, -0.1) is 0 Å². The summed E-state index contributed by atoms with van der Waals surface area (Å²) in [6, 6.07) is 6.94. The lowest BCUT2D eigenvalue weighted by Crippen LogP contribution is -2.40. The normalized spacial score (nSPS) is 12.3. The summed E-state index contributed by atoms with van der Waals surface area (Å²) in [6.45, 7) is 2.28. The molecule has 2 N–H and O–H groups in total. The van der Waals surface area contributed by atoms with Crippen LogP contribution in [-0.4, -0.2) is 49.3 Å². The minimum Gasteiger partial charge on any atom is -0.495 e. The van der Waals surface area contributed by atoms with Gasteiger partial charge in [-0.05, 0) is 26.1 Å². The quantitative estimate of drug-likeness (QED) is 0.791. The molecule has 0 fully saturated rings. The molecule has 0 saturated carbocycles. The van der Waals surface area contributed by atoms with Gasteiger partial charge in [0.05, 0.1) is 25.4 Å². The lowest BCUT2D eigenvalue weighted by molar-refractivity contribution is -0.120. The summed E-state index contributed by atoms with van der Waals surface area (Å²) in [5, 5.41) is 11.7. The van der Waals surface area contributed by atoms with Gasteiger partial charge in [0, 0.05) is 6.54 Å². The van der Waals surface area contributed by atoms with E-state index < -0.39 is 0 Å². The minimum absolute atomic E-state index is 0.0305. The van der Waals surface area contributed by atoms with Crippen molar-refractivity contribution in [3.05, 3.63) is 24.3 Å². The number of nitrogens with zero attached hydrogens (tertiary/aromatic N) is 1. The summed E-state index contributed by atoms with van der Waals surface area (Å²) >= 11 is 0. The second-order valence-electron chi connectivity index (χ2n) is 4.07. The smallest absolute Gasteiger partial charge is 0.241 e. The van der Waals surface area contributed by atoms with Crippen LogP contribution in [0.3, 0.4) is 0 Å². The van der Waals surface area contributed by atoms with Crippen LogP contribution in [-0.2, 0) is 4.79 Å². The second kappa shape index (κ2) is 6.98. The summed E-state index contributed by atoms with van der Waals surface area (Å²) < 4.78 is 5.17. The maximum atomic E-state index is 12.0. The topological polar surface area (TPSA) is 61.8 Å². The Kier molecular flexibility index (Phi) is 5.61. The number of aliphatic hydroxyl groups excluding tert-OH is 1. The molecule has 0 aliphatic carbocycles. The van der Waals surface area contributed by atoms with E-state index in [4.69, 9.17) is 9.84 Å². The van der Waals surface area contributed by atoms with Gasteiger partial charge in [0.15, 0.2) is 0 Å². The molecule has 0 radical (unpaired) electrons. The van der Waals surface area contributed by atoms with Crippen LogP contribution in [0.15, 0.2) is 24.3 Å². The maximum absolute atomic E-state index is 12.0. The standard InChI is InChI=1S/C13H20N2O3/c1-10(15(2)8-9-16)13(17)14-11-6-4-5-7-12(11)18-3/h4-7,10,16H,8-9H2,1-3H3,(H,14,17). The summed E-state index contributed by atoms with van der Waals surface area (Å²) in [6.07, 6.45) is 0. The van der Waals surface area contributed by atoms with Gasteiger partial charge in [-0.2, -0.15) is 0 Å². The van der Waals surface area contributed by atoms with Gasteiger partial charge in [0.2, 0.25) is 5.91 Å². The van der Waals surface area contributed by atoms with Gasteiger partial charge in [-0.1, -0.05) is 12.1 Å². The molecule has 5 nitrogen and oxygen atoms in total. The fourth-order valence-electron chi connectivity index (χ4n) is 1.54. The lowest BCUT2D eigenvalue weighted by atomic mass is 10.2. The molecular weight excluding hydrogens is 232 g/mol.